The van der Waals surface area contributed by atoms with Crippen LogP contribution in [0.15, 0.2) is 24.3 Å². The lowest BCUT2D eigenvalue weighted by atomic mass is 9.88. The molecule has 0 aliphatic heterocycles. The van der Waals surface area contributed by atoms with Crippen LogP contribution in [0, 0.1) is 11.7 Å². The average molecular weight is 332 g/mol. The Morgan fingerprint density at radius 2 is 2.00 bits per heavy atom. The zero-order valence-corrected chi connectivity index (χ0v) is 13.5. The summed E-state index contributed by atoms with van der Waals surface area (Å²) >= 11 is 1.41. The number of primary amides is 1. The molecule has 23 heavy (non-hydrogen) atoms. The Kier molecular flexibility index (Phi) is 4.17. The molecule has 1 aliphatic carbocycles. The number of nitrogens with two attached hydrogens (primary N) is 1. The maximum absolute atomic E-state index is 12.9. The summed E-state index contributed by atoms with van der Waals surface area (Å²) < 4.78 is 12.9. The van der Waals surface area contributed by atoms with Crippen molar-refractivity contribution >= 4 is 28.2 Å². The quantitative estimate of drug-likeness (QED) is 0.904. The van der Waals surface area contributed by atoms with Gasteiger partial charge in [-0.2, -0.15) is 0 Å². The lowest BCUT2D eigenvalue weighted by Gasteiger charge is -2.18. The first-order valence-electron chi connectivity index (χ1n) is 7.47. The molecule has 1 aromatic carbocycles. The molecule has 3 N–H and O–H groups in total. The van der Waals surface area contributed by atoms with E-state index in [-0.39, 0.29) is 5.91 Å². The van der Waals surface area contributed by atoms with Gasteiger partial charge in [0.2, 0.25) is 0 Å². The molecule has 0 spiro atoms. The van der Waals surface area contributed by atoms with Crippen LogP contribution in [0.3, 0.4) is 0 Å². The third-order valence-electron chi connectivity index (χ3n) is 4.09. The second-order valence-corrected chi connectivity index (χ2v) is 6.99. The number of fused-ring (bicyclic) bond motifs is 1. The summed E-state index contributed by atoms with van der Waals surface area (Å²) in [5.41, 5.74) is 7.24. The highest BCUT2D eigenvalue weighted by Crippen LogP contribution is 2.39. The van der Waals surface area contributed by atoms with Gasteiger partial charge in [-0.15, -0.1) is 11.3 Å². The number of hydrogen-bond acceptors (Lipinski definition) is 3. The van der Waals surface area contributed by atoms with E-state index in [0.29, 0.717) is 22.0 Å². The van der Waals surface area contributed by atoms with Crippen molar-refractivity contribution in [3.63, 3.8) is 0 Å². The van der Waals surface area contributed by atoms with E-state index in [0.717, 1.165) is 29.7 Å². The molecule has 1 heterocycles. The minimum Gasteiger partial charge on any atom is -0.365 e. The summed E-state index contributed by atoms with van der Waals surface area (Å²) in [6, 6.07) is 5.27. The normalized spacial score (nSPS) is 16.7. The van der Waals surface area contributed by atoms with Crippen LogP contribution in [0.5, 0.6) is 0 Å². The van der Waals surface area contributed by atoms with E-state index in [1.54, 1.807) is 0 Å². The monoisotopic (exact) mass is 332 g/mol. The van der Waals surface area contributed by atoms with Gasteiger partial charge >= 0.3 is 0 Å². The number of halogens is 1. The molecule has 0 saturated heterocycles. The summed E-state index contributed by atoms with van der Waals surface area (Å²) in [7, 11) is 0. The molecule has 0 radical (unpaired) electrons. The van der Waals surface area contributed by atoms with Crippen LogP contribution in [0.4, 0.5) is 9.39 Å². The first-order chi connectivity index (χ1) is 11.0. The summed E-state index contributed by atoms with van der Waals surface area (Å²) in [4.78, 5) is 25.2. The second kappa shape index (κ2) is 6.12. The lowest BCUT2D eigenvalue weighted by Crippen LogP contribution is -2.19. The predicted molar refractivity (Wildman–Crippen MR) is 88.4 cm³/mol. The van der Waals surface area contributed by atoms with Gasteiger partial charge in [-0.05, 0) is 55.0 Å². The van der Waals surface area contributed by atoms with Crippen molar-refractivity contribution in [3.05, 3.63) is 51.7 Å². The summed E-state index contributed by atoms with van der Waals surface area (Å²) in [6.07, 6.45) is 2.71. The molecule has 0 saturated carbocycles. The Labute approximate surface area is 137 Å². The van der Waals surface area contributed by atoms with E-state index in [1.807, 2.05) is 0 Å². The molecule has 0 fully saturated rings. The first-order valence-corrected chi connectivity index (χ1v) is 8.28. The van der Waals surface area contributed by atoms with Crippen molar-refractivity contribution < 1.29 is 14.0 Å². The topological polar surface area (TPSA) is 72.2 Å². The van der Waals surface area contributed by atoms with Crippen molar-refractivity contribution in [2.45, 2.75) is 26.2 Å². The predicted octanol–water partition coefficient (Wildman–Crippen LogP) is 3.36. The largest absolute Gasteiger partial charge is 0.365 e. The van der Waals surface area contributed by atoms with Crippen LogP contribution in [-0.4, -0.2) is 11.8 Å². The minimum absolute atomic E-state index is 0.335. The summed E-state index contributed by atoms with van der Waals surface area (Å²) in [6.45, 7) is 2.17. The van der Waals surface area contributed by atoms with E-state index < -0.39 is 11.7 Å². The van der Waals surface area contributed by atoms with Gasteiger partial charge in [-0.1, -0.05) is 6.92 Å². The molecule has 2 amide bonds. The van der Waals surface area contributed by atoms with Crippen molar-refractivity contribution in [2.24, 2.45) is 11.7 Å². The lowest BCUT2D eigenvalue weighted by molar-refractivity contribution is 0.1000. The highest BCUT2D eigenvalue weighted by molar-refractivity contribution is 7.17. The zero-order valence-electron chi connectivity index (χ0n) is 12.7. The first kappa shape index (κ1) is 15.7. The SMILES string of the molecule is C[C@@H]1CCc2c(sc(NC(=O)c3ccc(F)cc3)c2C(N)=O)C1. The number of benzene rings is 1. The maximum Gasteiger partial charge on any atom is 0.256 e. The van der Waals surface area contributed by atoms with Crippen molar-refractivity contribution in [1.29, 1.82) is 0 Å². The van der Waals surface area contributed by atoms with Crippen molar-refractivity contribution in [1.82, 2.24) is 0 Å². The van der Waals surface area contributed by atoms with Gasteiger partial charge in [0.1, 0.15) is 10.8 Å². The van der Waals surface area contributed by atoms with Gasteiger partial charge in [0, 0.05) is 10.4 Å². The number of amides is 2. The minimum atomic E-state index is -0.522. The van der Waals surface area contributed by atoms with Crippen LogP contribution < -0.4 is 11.1 Å². The molecular weight excluding hydrogens is 315 g/mol. The van der Waals surface area contributed by atoms with Crippen LogP contribution in [-0.2, 0) is 12.8 Å². The average Bonchev–Trinajstić information content (AvgIpc) is 2.84. The Balaban J connectivity index is 1.92. The molecular formula is C17H17FN2O2S. The Morgan fingerprint density at radius 1 is 1.30 bits per heavy atom. The molecule has 1 aliphatic rings. The fraction of sp³-hybridized carbons (Fsp3) is 0.294. The smallest absolute Gasteiger partial charge is 0.256 e. The number of anilines is 1. The number of thiophene rings is 1. The molecule has 6 heteroatoms. The fourth-order valence-corrected chi connectivity index (χ4v) is 4.29. The van der Waals surface area contributed by atoms with Crippen LogP contribution >= 0.6 is 11.3 Å². The number of rotatable bonds is 3. The van der Waals surface area contributed by atoms with E-state index in [1.165, 1.54) is 35.6 Å². The highest BCUT2D eigenvalue weighted by Gasteiger charge is 2.27. The Hall–Kier alpha value is -2.21. The van der Waals surface area contributed by atoms with Crippen LogP contribution in [0.25, 0.3) is 0 Å². The summed E-state index contributed by atoms with van der Waals surface area (Å²) in [5, 5.41) is 3.25. The Bertz CT molecular complexity index is 768. The third-order valence-corrected chi connectivity index (χ3v) is 5.26. The standard InChI is InChI=1S/C17H17FN2O2S/c1-9-2-7-12-13(8-9)23-17(14(12)15(19)21)20-16(22)10-3-5-11(18)6-4-10/h3-6,9H,2,7-8H2,1H3,(H2,19,21)(H,20,22)/t9-/m1/s1. The summed E-state index contributed by atoms with van der Waals surface area (Å²) in [5.74, 6) is -0.743. The van der Waals surface area contributed by atoms with Gasteiger partial charge in [0.15, 0.2) is 0 Å². The molecule has 0 unspecified atom stereocenters. The second-order valence-electron chi connectivity index (χ2n) is 5.88. The molecule has 1 atom stereocenters. The molecule has 1 aromatic heterocycles. The molecule has 2 aromatic rings. The maximum atomic E-state index is 12.9. The molecule has 4 nitrogen and oxygen atoms in total. The molecule has 120 valence electrons. The van der Waals surface area contributed by atoms with Crippen LogP contribution in [0.2, 0.25) is 0 Å². The third kappa shape index (κ3) is 3.12. The molecule has 3 rings (SSSR count). The van der Waals surface area contributed by atoms with Crippen molar-refractivity contribution in [3.8, 4) is 0 Å². The number of hydrogen-bond donors (Lipinski definition) is 2. The van der Waals surface area contributed by atoms with Crippen LogP contribution in [0.1, 0.15) is 44.5 Å². The number of carbonyl (C=O) groups is 2. The van der Waals surface area contributed by atoms with E-state index in [2.05, 4.69) is 12.2 Å². The van der Waals surface area contributed by atoms with Gasteiger partial charge in [0.05, 0.1) is 5.56 Å². The van der Waals surface area contributed by atoms with E-state index in [4.69, 9.17) is 5.73 Å². The van der Waals surface area contributed by atoms with Gasteiger partial charge in [0.25, 0.3) is 11.8 Å². The van der Waals surface area contributed by atoms with Gasteiger partial charge in [-0.25, -0.2) is 4.39 Å². The molecule has 0 bridgehead atoms. The van der Waals surface area contributed by atoms with Gasteiger partial charge < -0.3 is 11.1 Å². The Morgan fingerprint density at radius 3 is 2.65 bits per heavy atom. The number of carbonyl (C=O) groups excluding carboxylic acids is 2. The zero-order chi connectivity index (χ0) is 16.6. The van der Waals surface area contributed by atoms with Crippen molar-refractivity contribution in [2.75, 3.05) is 5.32 Å². The van der Waals surface area contributed by atoms with E-state index in [9.17, 15) is 14.0 Å². The van der Waals surface area contributed by atoms with Gasteiger partial charge in [-0.3, -0.25) is 9.59 Å². The fourth-order valence-electron chi connectivity index (χ4n) is 2.88. The highest BCUT2D eigenvalue weighted by atomic mass is 32.1. The number of nitrogens with one attached hydrogen (secondary N) is 1. The van der Waals surface area contributed by atoms with E-state index >= 15 is 0 Å².